The number of ether oxygens (including phenoxy) is 1. The van der Waals surface area contributed by atoms with Gasteiger partial charge >= 0.3 is 0 Å². The Morgan fingerprint density at radius 1 is 1.08 bits per heavy atom. The molecule has 25 heavy (non-hydrogen) atoms. The molecule has 0 spiro atoms. The maximum atomic E-state index is 5.81. The fourth-order valence-corrected chi connectivity index (χ4v) is 3.56. The van der Waals surface area contributed by atoms with Crippen LogP contribution in [0.25, 0.3) is 11.5 Å². The molecule has 0 saturated carbocycles. The minimum atomic E-state index is 0.538. The summed E-state index contributed by atoms with van der Waals surface area (Å²) in [5.74, 6) is 2.08. The zero-order valence-electron chi connectivity index (χ0n) is 15.1. The average molecular weight is 355 g/mol. The molecule has 2 heterocycles. The van der Waals surface area contributed by atoms with Gasteiger partial charge in [-0.05, 0) is 39.3 Å². The van der Waals surface area contributed by atoms with Crippen molar-refractivity contribution < 1.29 is 9.15 Å². The molecular weight excluding hydrogens is 334 g/mol. The molecule has 5 nitrogen and oxygen atoms in total. The highest BCUT2D eigenvalue weighted by Crippen LogP contribution is 2.30. The fourth-order valence-electron chi connectivity index (χ4n) is 2.78. The summed E-state index contributed by atoms with van der Waals surface area (Å²) in [5.41, 5.74) is 6.34. The Balaban J connectivity index is 1.76. The van der Waals surface area contributed by atoms with Crippen LogP contribution in [0.3, 0.4) is 0 Å². The van der Waals surface area contributed by atoms with E-state index >= 15 is 0 Å². The van der Waals surface area contributed by atoms with Gasteiger partial charge in [-0.1, -0.05) is 29.5 Å². The van der Waals surface area contributed by atoms with Gasteiger partial charge in [0.25, 0.3) is 5.22 Å². The Kier molecular flexibility index (Phi) is 5.08. The van der Waals surface area contributed by atoms with Crippen molar-refractivity contribution in [3.05, 3.63) is 52.3 Å². The summed E-state index contributed by atoms with van der Waals surface area (Å²) in [6.45, 7) is 8.12. The van der Waals surface area contributed by atoms with Gasteiger partial charge in [-0.25, -0.2) is 0 Å². The van der Waals surface area contributed by atoms with Crippen molar-refractivity contribution in [3.8, 4) is 17.2 Å². The molecule has 6 heteroatoms. The second-order valence-electron chi connectivity index (χ2n) is 6.03. The molecule has 0 aliphatic carbocycles. The van der Waals surface area contributed by atoms with Gasteiger partial charge in [0.05, 0.1) is 12.8 Å². The first-order chi connectivity index (χ1) is 12.0. The lowest BCUT2D eigenvalue weighted by atomic mass is 10.1. The molecule has 0 saturated heterocycles. The highest BCUT2D eigenvalue weighted by atomic mass is 32.2. The first-order valence-electron chi connectivity index (χ1n) is 8.02. The minimum Gasteiger partial charge on any atom is -0.496 e. The highest BCUT2D eigenvalue weighted by molar-refractivity contribution is 7.98. The molecule has 130 valence electrons. The van der Waals surface area contributed by atoms with Gasteiger partial charge in [0.1, 0.15) is 5.75 Å². The van der Waals surface area contributed by atoms with E-state index in [1.165, 1.54) is 17.3 Å². The lowest BCUT2D eigenvalue weighted by molar-refractivity contribution is 0.407. The van der Waals surface area contributed by atoms with Crippen LogP contribution in [-0.4, -0.2) is 22.3 Å². The van der Waals surface area contributed by atoms with Crippen molar-refractivity contribution in [2.45, 2.75) is 38.7 Å². The molecule has 0 fully saturated rings. The van der Waals surface area contributed by atoms with E-state index < -0.39 is 0 Å². The zero-order chi connectivity index (χ0) is 18.0. The third kappa shape index (κ3) is 3.69. The number of aryl methyl sites for hydroxylation is 3. The Labute approximate surface area is 151 Å². The molecule has 3 aromatic rings. The van der Waals surface area contributed by atoms with E-state index in [2.05, 4.69) is 28.2 Å². The lowest BCUT2D eigenvalue weighted by Crippen LogP contribution is -1.98. The summed E-state index contributed by atoms with van der Waals surface area (Å²) >= 11 is 1.48. The maximum absolute atomic E-state index is 5.81. The minimum absolute atomic E-state index is 0.538. The van der Waals surface area contributed by atoms with Gasteiger partial charge in [-0.15, -0.1) is 10.2 Å². The molecule has 0 radical (unpaired) electrons. The Morgan fingerprint density at radius 3 is 2.60 bits per heavy atom. The number of benzene rings is 1. The quantitative estimate of drug-likeness (QED) is 0.620. The van der Waals surface area contributed by atoms with E-state index in [-0.39, 0.29) is 0 Å². The Bertz CT molecular complexity index is 906. The number of aromatic nitrogens is 3. The highest BCUT2D eigenvalue weighted by Gasteiger charge is 2.14. The molecule has 1 aromatic carbocycles. The predicted molar refractivity (Wildman–Crippen MR) is 99.0 cm³/mol. The molecule has 0 bridgehead atoms. The number of hydrogen-bond acceptors (Lipinski definition) is 6. The van der Waals surface area contributed by atoms with E-state index in [4.69, 9.17) is 9.15 Å². The Morgan fingerprint density at radius 2 is 1.88 bits per heavy atom. The molecule has 2 aromatic heterocycles. The van der Waals surface area contributed by atoms with E-state index in [0.717, 1.165) is 33.7 Å². The average Bonchev–Trinajstić information content (AvgIpc) is 3.03. The predicted octanol–water partition coefficient (Wildman–Crippen LogP) is 4.67. The molecule has 0 atom stereocenters. The summed E-state index contributed by atoms with van der Waals surface area (Å²) in [6, 6.07) is 6.17. The SMILES string of the molecule is COc1c(C)cnc(CSc2nnc(-c3ccc(C)cc3C)o2)c1C. The summed E-state index contributed by atoms with van der Waals surface area (Å²) in [6.07, 6.45) is 1.83. The van der Waals surface area contributed by atoms with Crippen LogP contribution in [-0.2, 0) is 5.75 Å². The monoisotopic (exact) mass is 355 g/mol. The van der Waals surface area contributed by atoms with Crippen LogP contribution < -0.4 is 4.74 Å². The van der Waals surface area contributed by atoms with Crippen molar-refractivity contribution in [2.24, 2.45) is 0 Å². The number of rotatable bonds is 5. The molecule has 0 unspecified atom stereocenters. The third-order valence-electron chi connectivity index (χ3n) is 4.10. The smallest absolute Gasteiger partial charge is 0.277 e. The van der Waals surface area contributed by atoms with Crippen molar-refractivity contribution in [2.75, 3.05) is 7.11 Å². The molecule has 0 amide bonds. The molecule has 0 aliphatic rings. The summed E-state index contributed by atoms with van der Waals surface area (Å²) in [5, 5.41) is 8.86. The van der Waals surface area contributed by atoms with Crippen LogP contribution in [0.1, 0.15) is 27.9 Å². The van der Waals surface area contributed by atoms with Gasteiger partial charge in [0.15, 0.2) is 0 Å². The maximum Gasteiger partial charge on any atom is 0.277 e. The fraction of sp³-hybridized carbons (Fsp3) is 0.316. The molecular formula is C19H21N3O2S. The number of pyridine rings is 1. The van der Waals surface area contributed by atoms with Crippen LogP contribution in [0.15, 0.2) is 34.0 Å². The number of hydrogen-bond donors (Lipinski definition) is 0. The van der Waals surface area contributed by atoms with Gasteiger partial charge in [0.2, 0.25) is 5.89 Å². The van der Waals surface area contributed by atoms with Crippen molar-refractivity contribution in [1.29, 1.82) is 0 Å². The molecule has 3 rings (SSSR count). The van der Waals surface area contributed by atoms with E-state index in [9.17, 15) is 0 Å². The van der Waals surface area contributed by atoms with Crippen LogP contribution in [0, 0.1) is 27.7 Å². The van der Waals surface area contributed by atoms with Crippen LogP contribution in [0.2, 0.25) is 0 Å². The third-order valence-corrected chi connectivity index (χ3v) is 4.93. The van der Waals surface area contributed by atoms with Gasteiger partial charge in [-0.2, -0.15) is 0 Å². The molecule has 0 aliphatic heterocycles. The summed E-state index contributed by atoms with van der Waals surface area (Å²) < 4.78 is 11.3. The number of thioether (sulfide) groups is 1. The molecule has 0 N–H and O–H groups in total. The Hall–Kier alpha value is -2.34. The standard InChI is InChI=1S/C19H21N3O2S/c1-11-6-7-15(12(2)8-11)18-21-22-19(24-18)25-10-16-14(4)17(23-5)13(3)9-20-16/h6-9H,10H2,1-5H3. The van der Waals surface area contributed by atoms with Crippen LogP contribution in [0.5, 0.6) is 5.75 Å². The van der Waals surface area contributed by atoms with Gasteiger partial charge in [0, 0.05) is 28.6 Å². The first-order valence-corrected chi connectivity index (χ1v) is 9.01. The zero-order valence-corrected chi connectivity index (χ0v) is 15.9. The second kappa shape index (κ2) is 7.27. The largest absolute Gasteiger partial charge is 0.496 e. The van der Waals surface area contributed by atoms with E-state index in [0.29, 0.717) is 16.9 Å². The topological polar surface area (TPSA) is 61.0 Å². The van der Waals surface area contributed by atoms with Crippen molar-refractivity contribution in [1.82, 2.24) is 15.2 Å². The van der Waals surface area contributed by atoms with Crippen LogP contribution in [0.4, 0.5) is 0 Å². The normalized spacial score (nSPS) is 10.9. The number of nitrogens with zero attached hydrogens (tertiary/aromatic N) is 3. The van der Waals surface area contributed by atoms with Crippen molar-refractivity contribution >= 4 is 11.8 Å². The van der Waals surface area contributed by atoms with Crippen LogP contribution >= 0.6 is 11.8 Å². The van der Waals surface area contributed by atoms with Crippen molar-refractivity contribution in [3.63, 3.8) is 0 Å². The second-order valence-corrected chi connectivity index (χ2v) is 6.95. The number of methoxy groups -OCH3 is 1. The summed E-state index contributed by atoms with van der Waals surface area (Å²) in [4.78, 5) is 4.50. The lowest BCUT2D eigenvalue weighted by Gasteiger charge is -2.11. The van der Waals surface area contributed by atoms with E-state index in [1.54, 1.807) is 7.11 Å². The van der Waals surface area contributed by atoms with Gasteiger partial charge < -0.3 is 9.15 Å². The van der Waals surface area contributed by atoms with Gasteiger partial charge in [-0.3, -0.25) is 4.98 Å². The summed E-state index contributed by atoms with van der Waals surface area (Å²) in [7, 11) is 1.68. The van der Waals surface area contributed by atoms with E-state index in [1.807, 2.05) is 39.1 Å². The first kappa shape index (κ1) is 17.5.